The number of hydrogen-bond acceptors (Lipinski definition) is 3. The average Bonchev–Trinajstić information content (AvgIpc) is 2.66. The molecule has 128 valence electrons. The molecular formula is C21H27NO2. The number of ether oxygens (including phenoxy) is 2. The van der Waals surface area contributed by atoms with E-state index in [1.807, 2.05) is 36.4 Å². The van der Waals surface area contributed by atoms with Gasteiger partial charge in [-0.25, -0.2) is 0 Å². The van der Waals surface area contributed by atoms with Crippen molar-refractivity contribution in [3.8, 4) is 11.5 Å². The van der Waals surface area contributed by atoms with Crippen LogP contribution in [0.15, 0.2) is 54.6 Å². The smallest absolute Gasteiger partial charge is 0.122 e. The number of hydrogen-bond donors (Lipinski definition) is 1. The predicted octanol–water partition coefficient (Wildman–Crippen LogP) is 4.57. The number of benzene rings is 2. The van der Waals surface area contributed by atoms with Gasteiger partial charge in [-0.3, -0.25) is 0 Å². The van der Waals surface area contributed by atoms with Gasteiger partial charge in [0.15, 0.2) is 0 Å². The number of nitrogens with one attached hydrogen (secondary N) is 1. The van der Waals surface area contributed by atoms with Gasteiger partial charge in [0.2, 0.25) is 0 Å². The lowest BCUT2D eigenvalue weighted by molar-refractivity contribution is 0.217. The first-order chi connectivity index (χ1) is 11.9. The second-order valence-electron chi connectivity index (χ2n) is 6.37. The zero-order valence-electron chi connectivity index (χ0n) is 14.2. The predicted molar refractivity (Wildman–Crippen MR) is 97.6 cm³/mol. The third kappa shape index (κ3) is 5.57. The van der Waals surface area contributed by atoms with Crippen LogP contribution in [0.4, 0.5) is 0 Å². The Morgan fingerprint density at radius 3 is 2.29 bits per heavy atom. The maximum atomic E-state index is 5.81. The Hall–Kier alpha value is -2.00. The van der Waals surface area contributed by atoms with Gasteiger partial charge >= 0.3 is 0 Å². The summed E-state index contributed by atoms with van der Waals surface area (Å²) in [6, 6.07) is 18.9. The lowest BCUT2D eigenvalue weighted by atomic mass is 9.95. The first-order valence-corrected chi connectivity index (χ1v) is 9.03. The van der Waals surface area contributed by atoms with Gasteiger partial charge in [-0.1, -0.05) is 49.6 Å². The average molecular weight is 325 g/mol. The van der Waals surface area contributed by atoms with Crippen LogP contribution in [0.1, 0.15) is 37.7 Å². The summed E-state index contributed by atoms with van der Waals surface area (Å²) >= 11 is 0. The highest BCUT2D eigenvalue weighted by molar-refractivity contribution is 5.28. The summed E-state index contributed by atoms with van der Waals surface area (Å²) in [7, 11) is 0. The monoisotopic (exact) mass is 325 g/mol. The van der Waals surface area contributed by atoms with Crippen molar-refractivity contribution in [1.82, 2.24) is 5.32 Å². The fraction of sp³-hybridized carbons (Fsp3) is 0.429. The topological polar surface area (TPSA) is 30.5 Å². The van der Waals surface area contributed by atoms with Crippen LogP contribution >= 0.6 is 0 Å². The molecule has 3 rings (SSSR count). The molecule has 0 aromatic heterocycles. The molecule has 1 aliphatic carbocycles. The Morgan fingerprint density at radius 1 is 0.792 bits per heavy atom. The molecule has 1 fully saturated rings. The van der Waals surface area contributed by atoms with E-state index in [9.17, 15) is 0 Å². The van der Waals surface area contributed by atoms with Crippen molar-refractivity contribution < 1.29 is 9.47 Å². The van der Waals surface area contributed by atoms with Crippen molar-refractivity contribution in [2.24, 2.45) is 0 Å². The van der Waals surface area contributed by atoms with Gasteiger partial charge in [-0.2, -0.15) is 0 Å². The molecule has 0 unspecified atom stereocenters. The lowest BCUT2D eigenvalue weighted by Gasteiger charge is -2.23. The normalized spacial score (nSPS) is 15.2. The Kier molecular flexibility index (Phi) is 6.55. The van der Waals surface area contributed by atoms with Gasteiger partial charge in [0, 0.05) is 12.6 Å². The van der Waals surface area contributed by atoms with Crippen LogP contribution in [0.25, 0.3) is 0 Å². The molecule has 3 heteroatoms. The molecule has 2 aromatic carbocycles. The van der Waals surface area contributed by atoms with E-state index >= 15 is 0 Å². The van der Waals surface area contributed by atoms with Crippen LogP contribution in [0.5, 0.6) is 11.5 Å². The first-order valence-electron chi connectivity index (χ1n) is 9.03. The maximum absolute atomic E-state index is 5.81. The Bertz CT molecular complexity index is 594. The van der Waals surface area contributed by atoms with Gasteiger partial charge in [-0.05, 0) is 42.7 Å². The molecule has 0 aliphatic heterocycles. The van der Waals surface area contributed by atoms with Gasteiger partial charge in [-0.15, -0.1) is 0 Å². The van der Waals surface area contributed by atoms with Crippen LogP contribution in [-0.4, -0.2) is 19.3 Å². The van der Waals surface area contributed by atoms with E-state index in [2.05, 4.69) is 23.5 Å². The van der Waals surface area contributed by atoms with Crippen LogP contribution in [-0.2, 0) is 6.54 Å². The zero-order valence-corrected chi connectivity index (χ0v) is 14.2. The van der Waals surface area contributed by atoms with Crippen LogP contribution < -0.4 is 14.8 Å². The van der Waals surface area contributed by atoms with Crippen molar-refractivity contribution in [3.05, 3.63) is 60.2 Å². The molecule has 3 nitrogen and oxygen atoms in total. The molecule has 24 heavy (non-hydrogen) atoms. The SMILES string of the molecule is c1ccc(OCCOc2cccc(CNC3CCCCC3)c2)cc1. The molecule has 1 saturated carbocycles. The standard InChI is InChI=1S/C21H27NO2/c1-3-9-19(10-4-1)22-17-18-8-7-13-21(16-18)24-15-14-23-20-11-5-2-6-12-20/h2,5-8,11-13,16,19,22H,1,3-4,9-10,14-15,17H2. The van der Waals surface area contributed by atoms with Crippen LogP contribution in [0, 0.1) is 0 Å². The van der Waals surface area contributed by atoms with Crippen LogP contribution in [0.2, 0.25) is 0 Å². The fourth-order valence-electron chi connectivity index (χ4n) is 3.15. The van der Waals surface area contributed by atoms with Crippen molar-refractivity contribution in [1.29, 1.82) is 0 Å². The molecule has 0 spiro atoms. The molecule has 1 aliphatic rings. The van der Waals surface area contributed by atoms with Gasteiger partial charge in [0.1, 0.15) is 24.7 Å². The lowest BCUT2D eigenvalue weighted by Crippen LogP contribution is -2.30. The largest absolute Gasteiger partial charge is 0.490 e. The second kappa shape index (κ2) is 9.33. The molecule has 1 N–H and O–H groups in total. The van der Waals surface area contributed by atoms with Gasteiger partial charge in [0.05, 0.1) is 0 Å². The summed E-state index contributed by atoms with van der Waals surface area (Å²) in [6.45, 7) is 2.02. The molecule has 0 radical (unpaired) electrons. The minimum absolute atomic E-state index is 0.550. The Balaban J connectivity index is 1.39. The van der Waals surface area contributed by atoms with Crippen molar-refractivity contribution >= 4 is 0 Å². The molecule has 0 atom stereocenters. The summed E-state index contributed by atoms with van der Waals surface area (Å²) in [5, 5.41) is 3.67. The third-order valence-electron chi connectivity index (χ3n) is 4.46. The Labute approximate surface area is 145 Å². The third-order valence-corrected chi connectivity index (χ3v) is 4.46. The van der Waals surface area contributed by atoms with Crippen molar-refractivity contribution in [2.45, 2.75) is 44.7 Å². The number of rotatable bonds is 8. The van der Waals surface area contributed by atoms with E-state index in [1.165, 1.54) is 37.7 Å². The summed E-state index contributed by atoms with van der Waals surface area (Å²) in [5.41, 5.74) is 1.28. The molecule has 2 aromatic rings. The number of para-hydroxylation sites is 1. The molecule has 0 amide bonds. The van der Waals surface area contributed by atoms with Crippen LogP contribution in [0.3, 0.4) is 0 Å². The second-order valence-corrected chi connectivity index (χ2v) is 6.37. The summed E-state index contributed by atoms with van der Waals surface area (Å²) in [4.78, 5) is 0. The first kappa shape index (κ1) is 16.8. The van der Waals surface area contributed by atoms with E-state index in [1.54, 1.807) is 0 Å². The zero-order chi connectivity index (χ0) is 16.5. The molecule has 0 bridgehead atoms. The summed E-state index contributed by atoms with van der Waals surface area (Å²) in [5.74, 6) is 1.79. The maximum Gasteiger partial charge on any atom is 0.122 e. The van der Waals surface area contributed by atoms with E-state index in [4.69, 9.17) is 9.47 Å². The highest BCUT2D eigenvalue weighted by Crippen LogP contribution is 2.19. The quantitative estimate of drug-likeness (QED) is 0.721. The minimum atomic E-state index is 0.550. The highest BCUT2D eigenvalue weighted by Gasteiger charge is 2.12. The fourth-order valence-corrected chi connectivity index (χ4v) is 3.15. The molecule has 0 saturated heterocycles. The van der Waals surface area contributed by atoms with E-state index in [0.29, 0.717) is 19.3 Å². The summed E-state index contributed by atoms with van der Waals surface area (Å²) < 4.78 is 11.5. The van der Waals surface area contributed by atoms with E-state index in [-0.39, 0.29) is 0 Å². The van der Waals surface area contributed by atoms with Crippen molar-refractivity contribution in [2.75, 3.05) is 13.2 Å². The Morgan fingerprint density at radius 2 is 1.50 bits per heavy atom. The van der Waals surface area contributed by atoms with Crippen molar-refractivity contribution in [3.63, 3.8) is 0 Å². The highest BCUT2D eigenvalue weighted by atomic mass is 16.5. The minimum Gasteiger partial charge on any atom is -0.490 e. The van der Waals surface area contributed by atoms with Gasteiger partial charge in [0.25, 0.3) is 0 Å². The van der Waals surface area contributed by atoms with E-state index in [0.717, 1.165) is 18.0 Å². The summed E-state index contributed by atoms with van der Waals surface area (Å²) in [6.07, 6.45) is 6.75. The molecular weight excluding hydrogens is 298 g/mol. The molecule has 0 heterocycles. The van der Waals surface area contributed by atoms with E-state index < -0.39 is 0 Å². The van der Waals surface area contributed by atoms with Gasteiger partial charge < -0.3 is 14.8 Å².